The summed E-state index contributed by atoms with van der Waals surface area (Å²) >= 11 is 1.20. The van der Waals surface area contributed by atoms with Crippen LogP contribution in [0.15, 0.2) is 52.1 Å². The molecule has 12 heteroatoms. The molecule has 0 radical (unpaired) electrons. The van der Waals surface area contributed by atoms with Crippen molar-refractivity contribution in [3.8, 4) is 22.7 Å². The highest BCUT2D eigenvalue weighted by Gasteiger charge is 2.35. The molecule has 1 aliphatic heterocycles. The third-order valence-corrected chi connectivity index (χ3v) is 6.99. The number of benzene rings is 2. The zero-order chi connectivity index (χ0) is 26.6. The van der Waals surface area contributed by atoms with E-state index in [9.17, 15) is 27.6 Å². The van der Waals surface area contributed by atoms with E-state index in [0.29, 0.717) is 38.5 Å². The summed E-state index contributed by atoms with van der Waals surface area (Å²) in [5, 5.41) is 0.623. The number of rotatable bonds is 4. The maximum atomic E-state index is 13.2. The number of hydrogen-bond donors (Lipinski definition) is 0. The molecule has 0 N–H and O–H groups in total. The first kappa shape index (κ1) is 24.8. The van der Waals surface area contributed by atoms with Crippen LogP contribution in [0.3, 0.4) is 0 Å². The minimum absolute atomic E-state index is 0.124. The van der Waals surface area contributed by atoms with Gasteiger partial charge in [0.15, 0.2) is 6.10 Å². The van der Waals surface area contributed by atoms with Gasteiger partial charge in [-0.2, -0.15) is 17.5 Å². The lowest BCUT2D eigenvalue weighted by Crippen LogP contribution is -2.40. The number of aromatic nitrogens is 3. The summed E-state index contributed by atoms with van der Waals surface area (Å²) in [5.41, 5.74) is -1.34. The van der Waals surface area contributed by atoms with Gasteiger partial charge < -0.3 is 9.47 Å². The van der Waals surface area contributed by atoms with E-state index in [2.05, 4.69) is 4.37 Å². The number of fused-ring (bicyclic) bond motifs is 1. The third kappa shape index (κ3) is 4.41. The van der Waals surface area contributed by atoms with Gasteiger partial charge in [0.1, 0.15) is 17.5 Å². The number of aryl methyl sites for hydroxylation is 1. The predicted octanol–water partition coefficient (Wildman–Crippen LogP) is 4.22. The summed E-state index contributed by atoms with van der Waals surface area (Å²) in [6.07, 6.45) is -5.26. The van der Waals surface area contributed by atoms with Crippen molar-refractivity contribution >= 4 is 27.6 Å². The highest BCUT2D eigenvalue weighted by atomic mass is 32.1. The second kappa shape index (κ2) is 8.87. The zero-order valence-corrected chi connectivity index (χ0v) is 20.6. The Balaban J connectivity index is 1.54. The first-order chi connectivity index (χ1) is 17.4. The van der Waals surface area contributed by atoms with E-state index in [1.54, 1.807) is 31.2 Å². The van der Waals surface area contributed by atoms with E-state index in [1.807, 2.05) is 13.0 Å². The molecule has 0 bridgehead atoms. The van der Waals surface area contributed by atoms with Crippen molar-refractivity contribution in [3.05, 3.63) is 74.6 Å². The van der Waals surface area contributed by atoms with E-state index < -0.39 is 35.2 Å². The highest BCUT2D eigenvalue weighted by molar-refractivity contribution is 7.13. The fourth-order valence-corrected chi connectivity index (χ4v) is 5.08. The summed E-state index contributed by atoms with van der Waals surface area (Å²) in [4.78, 5) is 37.2. The normalized spacial score (nSPS) is 17.8. The molecule has 4 aromatic rings. The molecule has 5 rings (SSSR count). The molecule has 2 atom stereocenters. The van der Waals surface area contributed by atoms with Gasteiger partial charge in [0, 0.05) is 30.5 Å². The Morgan fingerprint density at radius 3 is 2.51 bits per heavy atom. The second-order valence-electron chi connectivity index (χ2n) is 8.82. The van der Waals surface area contributed by atoms with E-state index in [0.717, 1.165) is 22.9 Å². The summed E-state index contributed by atoms with van der Waals surface area (Å²) in [6.45, 7) is 3.63. The molecule has 0 spiro atoms. The molecule has 0 saturated carbocycles. The fourth-order valence-electron chi connectivity index (χ4n) is 4.31. The summed E-state index contributed by atoms with van der Waals surface area (Å²) < 4.78 is 57.0. The molecule has 3 heterocycles. The van der Waals surface area contributed by atoms with Gasteiger partial charge in [-0.3, -0.25) is 9.36 Å². The van der Waals surface area contributed by atoms with Crippen molar-refractivity contribution < 1.29 is 27.4 Å². The largest absolute Gasteiger partial charge is 0.478 e. The van der Waals surface area contributed by atoms with Crippen LogP contribution in [0.25, 0.3) is 27.0 Å². The number of cyclic esters (lactones) is 1. The third-order valence-electron chi connectivity index (χ3n) is 6.17. The van der Waals surface area contributed by atoms with Gasteiger partial charge in [0.2, 0.25) is 0 Å². The average molecular weight is 532 g/mol. The minimum atomic E-state index is -4.84. The van der Waals surface area contributed by atoms with Gasteiger partial charge in [-0.05, 0) is 67.3 Å². The van der Waals surface area contributed by atoms with E-state index >= 15 is 0 Å². The number of hydrogen-bond acceptors (Lipinski definition) is 7. The summed E-state index contributed by atoms with van der Waals surface area (Å²) in [7, 11) is 0.968. The maximum absolute atomic E-state index is 13.2. The number of nitrogens with zero attached hydrogens (tertiary/aromatic N) is 3. The maximum Gasteiger partial charge on any atom is 0.431 e. The molecule has 1 fully saturated rings. The topological polar surface area (TPSA) is 92.4 Å². The highest BCUT2D eigenvalue weighted by Crippen LogP contribution is 2.35. The number of halogens is 3. The number of carbonyl (C=O) groups is 1. The Morgan fingerprint density at radius 2 is 1.86 bits per heavy atom. The lowest BCUT2D eigenvalue weighted by atomic mass is 10.0. The predicted molar refractivity (Wildman–Crippen MR) is 130 cm³/mol. The number of esters is 1. The number of carbonyl (C=O) groups excluding carboxylic acids is 1. The molecule has 2 aromatic heterocycles. The molecule has 192 valence electrons. The Hall–Kier alpha value is -3.93. The zero-order valence-electron chi connectivity index (χ0n) is 19.8. The summed E-state index contributed by atoms with van der Waals surface area (Å²) in [5.74, 6) is 0.124. The lowest BCUT2D eigenvalue weighted by Gasteiger charge is -2.14. The fraction of sp³-hybridized carbons (Fsp3) is 0.280. The van der Waals surface area contributed by atoms with Crippen LogP contribution in [-0.2, 0) is 22.8 Å². The molecule has 0 amide bonds. The van der Waals surface area contributed by atoms with Crippen LogP contribution in [0.5, 0.6) is 5.75 Å². The van der Waals surface area contributed by atoms with Crippen LogP contribution in [0, 0.1) is 6.92 Å². The Labute approximate surface area is 211 Å². The summed E-state index contributed by atoms with van der Waals surface area (Å²) in [6, 6.07) is 10.4. The Bertz CT molecular complexity index is 1670. The van der Waals surface area contributed by atoms with Crippen LogP contribution in [0.4, 0.5) is 13.2 Å². The minimum Gasteiger partial charge on any atom is -0.478 e. The Kier molecular flexibility index (Phi) is 5.94. The van der Waals surface area contributed by atoms with Gasteiger partial charge >= 0.3 is 17.8 Å². The SMILES string of the molecule is Cc1cc(-c2nsc3ccc(-n4c(=O)cc(C(F)(F)F)n(C)c4=O)cc23)ccc1OC1CC(C)OC1=O. The van der Waals surface area contributed by atoms with Crippen molar-refractivity contribution in [1.29, 1.82) is 0 Å². The van der Waals surface area contributed by atoms with E-state index in [1.165, 1.54) is 17.6 Å². The molecule has 1 aliphatic rings. The van der Waals surface area contributed by atoms with Gasteiger partial charge in [-0.1, -0.05) is 0 Å². The molecule has 8 nitrogen and oxygen atoms in total. The van der Waals surface area contributed by atoms with Crippen LogP contribution < -0.4 is 16.0 Å². The molecule has 2 aromatic carbocycles. The van der Waals surface area contributed by atoms with Crippen molar-refractivity contribution in [1.82, 2.24) is 13.5 Å². The van der Waals surface area contributed by atoms with Crippen LogP contribution in [-0.4, -0.2) is 31.7 Å². The van der Waals surface area contributed by atoms with Crippen LogP contribution >= 0.6 is 11.5 Å². The van der Waals surface area contributed by atoms with Crippen molar-refractivity contribution in [2.24, 2.45) is 7.05 Å². The standard InChI is InChI=1S/C25H20F3N3O5S/c1-12-8-14(4-6-17(12)36-18-9-13(2)35-23(18)33)22-16-10-15(5-7-19(16)37-29-22)31-21(32)11-20(25(26,27)28)30(3)24(31)34/h4-8,10-11,13,18H,9H2,1-3H3. The molecular weight excluding hydrogens is 511 g/mol. The molecular formula is C25H20F3N3O5S. The molecule has 2 unspecified atom stereocenters. The van der Waals surface area contributed by atoms with Gasteiger partial charge in [0.25, 0.3) is 5.56 Å². The first-order valence-corrected chi connectivity index (χ1v) is 12.0. The first-order valence-electron chi connectivity index (χ1n) is 11.2. The van der Waals surface area contributed by atoms with Crippen molar-refractivity contribution in [2.45, 2.75) is 38.7 Å². The number of ether oxygens (including phenoxy) is 2. The van der Waals surface area contributed by atoms with Crippen molar-refractivity contribution in [3.63, 3.8) is 0 Å². The van der Waals surface area contributed by atoms with E-state index in [4.69, 9.17) is 9.47 Å². The molecule has 37 heavy (non-hydrogen) atoms. The van der Waals surface area contributed by atoms with E-state index in [-0.39, 0.29) is 11.8 Å². The molecule has 0 aliphatic carbocycles. The van der Waals surface area contributed by atoms with Crippen molar-refractivity contribution in [2.75, 3.05) is 0 Å². The van der Waals surface area contributed by atoms with Gasteiger partial charge in [-0.25, -0.2) is 14.2 Å². The van der Waals surface area contributed by atoms with Gasteiger partial charge in [0.05, 0.1) is 16.1 Å². The van der Waals surface area contributed by atoms with Crippen LogP contribution in [0.1, 0.15) is 24.6 Å². The Morgan fingerprint density at radius 1 is 1.11 bits per heavy atom. The molecule has 1 saturated heterocycles. The van der Waals surface area contributed by atoms with Gasteiger partial charge in [-0.15, -0.1) is 0 Å². The second-order valence-corrected chi connectivity index (χ2v) is 9.63. The monoisotopic (exact) mass is 531 g/mol. The quantitative estimate of drug-likeness (QED) is 0.366. The lowest BCUT2D eigenvalue weighted by molar-refractivity contribution is -0.146. The average Bonchev–Trinajstić information content (AvgIpc) is 3.38. The van der Waals surface area contributed by atoms with Crippen LogP contribution in [0.2, 0.25) is 0 Å². The number of alkyl halides is 3. The smallest absolute Gasteiger partial charge is 0.431 e.